The van der Waals surface area contributed by atoms with Gasteiger partial charge < -0.3 is 34.5 Å². The van der Waals surface area contributed by atoms with Crippen molar-refractivity contribution < 1.29 is 48.0 Å². The van der Waals surface area contributed by atoms with Crippen LogP contribution >= 0.6 is 0 Å². The number of hydrogen-bond donors (Lipinski definition) is 2. The summed E-state index contributed by atoms with van der Waals surface area (Å²) < 4.78 is 24.7. The number of esters is 1. The summed E-state index contributed by atoms with van der Waals surface area (Å²) in [6.45, 7) is 6.09. The quantitative estimate of drug-likeness (QED) is 0.312. The number of hydrogen-bond acceptors (Lipinski definition) is 10. The molecule has 0 aliphatic rings. The van der Waals surface area contributed by atoms with Crippen molar-refractivity contribution in [3.8, 4) is 11.5 Å². The number of carbonyl (C=O) groups is 4. The molecule has 0 saturated heterocycles. The van der Waals surface area contributed by atoms with Crippen LogP contribution in [-0.4, -0.2) is 54.7 Å². The van der Waals surface area contributed by atoms with Crippen LogP contribution < -0.4 is 15.2 Å². The van der Waals surface area contributed by atoms with Crippen LogP contribution in [0.5, 0.6) is 11.5 Å². The number of benzene rings is 1. The van der Waals surface area contributed by atoms with Crippen molar-refractivity contribution in [1.29, 1.82) is 0 Å². The van der Waals surface area contributed by atoms with Crippen LogP contribution in [-0.2, 0) is 23.8 Å². The predicted molar refractivity (Wildman–Crippen MR) is 106 cm³/mol. The van der Waals surface area contributed by atoms with E-state index < -0.39 is 42.3 Å². The summed E-state index contributed by atoms with van der Waals surface area (Å²) in [6, 6.07) is 2.71. The molecule has 2 unspecified atom stereocenters. The smallest absolute Gasteiger partial charge is 0.480 e. The highest BCUT2D eigenvalue weighted by Gasteiger charge is 2.30. The molecule has 0 aliphatic carbocycles. The van der Waals surface area contributed by atoms with Crippen LogP contribution in [0, 0.1) is 0 Å². The van der Waals surface area contributed by atoms with Crippen LogP contribution in [0.15, 0.2) is 18.2 Å². The predicted octanol–water partition coefficient (Wildman–Crippen LogP) is 2.59. The summed E-state index contributed by atoms with van der Waals surface area (Å²) in [5.41, 5.74) is 6.20. The highest BCUT2D eigenvalue weighted by Crippen LogP contribution is 2.35. The molecule has 1 aromatic carbocycles. The van der Waals surface area contributed by atoms with E-state index in [0.717, 1.165) is 0 Å². The van der Waals surface area contributed by atoms with Gasteiger partial charge in [-0.3, -0.25) is 9.59 Å². The minimum atomic E-state index is -1.36. The molecule has 0 fully saturated rings. The maximum atomic E-state index is 11.8. The first-order chi connectivity index (χ1) is 14.6. The van der Waals surface area contributed by atoms with Gasteiger partial charge in [0.2, 0.25) is 0 Å². The molecule has 0 spiro atoms. The van der Waals surface area contributed by atoms with Gasteiger partial charge in [0.1, 0.15) is 6.04 Å². The van der Waals surface area contributed by atoms with E-state index >= 15 is 0 Å². The Balaban J connectivity index is 3.33. The maximum absolute atomic E-state index is 11.8. The second-order valence-corrected chi connectivity index (χ2v) is 6.40. The van der Waals surface area contributed by atoms with Crippen molar-refractivity contribution in [2.75, 3.05) is 13.2 Å². The number of aliphatic carboxylic acids is 1. The van der Waals surface area contributed by atoms with Crippen LogP contribution in [0.2, 0.25) is 0 Å². The van der Waals surface area contributed by atoms with E-state index in [-0.39, 0.29) is 31.1 Å². The Morgan fingerprint density at radius 3 is 2.03 bits per heavy atom. The molecule has 0 aliphatic heterocycles. The van der Waals surface area contributed by atoms with Crippen molar-refractivity contribution in [3.63, 3.8) is 0 Å². The third-order valence-corrected chi connectivity index (χ3v) is 3.98. The second kappa shape index (κ2) is 12.4. The number of carbonyl (C=O) groups excluding carboxylic acids is 3. The fraction of sp³-hybridized carbons (Fsp3) is 0.500. The summed E-state index contributed by atoms with van der Waals surface area (Å²) in [7, 11) is 0. The molecule has 11 heteroatoms. The molecular formula is C20H27NO10. The third-order valence-electron chi connectivity index (χ3n) is 3.98. The van der Waals surface area contributed by atoms with E-state index in [4.69, 9.17) is 29.4 Å². The molecule has 0 amide bonds. The lowest BCUT2D eigenvalue weighted by Gasteiger charge is -2.25. The largest absolute Gasteiger partial charge is 0.513 e. The van der Waals surface area contributed by atoms with Crippen LogP contribution in [0.4, 0.5) is 9.59 Å². The molecule has 1 aromatic rings. The van der Waals surface area contributed by atoms with Crippen molar-refractivity contribution in [2.45, 2.75) is 52.2 Å². The highest BCUT2D eigenvalue weighted by atomic mass is 16.7. The summed E-state index contributed by atoms with van der Waals surface area (Å²) in [4.78, 5) is 46.2. The van der Waals surface area contributed by atoms with Gasteiger partial charge in [-0.15, -0.1) is 0 Å². The van der Waals surface area contributed by atoms with Crippen LogP contribution in [0.25, 0.3) is 0 Å². The monoisotopic (exact) mass is 441 g/mol. The first-order valence-corrected chi connectivity index (χ1v) is 9.57. The van der Waals surface area contributed by atoms with Gasteiger partial charge in [-0.2, -0.15) is 0 Å². The fourth-order valence-corrected chi connectivity index (χ4v) is 2.74. The maximum Gasteiger partial charge on any atom is 0.513 e. The first kappa shape index (κ1) is 25.7. The van der Waals surface area contributed by atoms with Crippen LogP contribution in [0.3, 0.4) is 0 Å². The van der Waals surface area contributed by atoms with Gasteiger partial charge in [0.15, 0.2) is 11.5 Å². The first-order valence-electron chi connectivity index (χ1n) is 9.57. The second-order valence-electron chi connectivity index (χ2n) is 6.40. The number of rotatable bonds is 10. The SMILES string of the molecule is CCOC(=O)Oc1ccc(C(CC(C)OC(C)=O)[C@@H](N)C(=O)O)cc1OC(=O)OCC. The van der Waals surface area contributed by atoms with Gasteiger partial charge in [0.25, 0.3) is 0 Å². The molecule has 3 atom stereocenters. The lowest BCUT2D eigenvalue weighted by Crippen LogP contribution is -2.38. The normalized spacial score (nSPS) is 13.3. The number of nitrogens with two attached hydrogens (primary N) is 1. The van der Waals surface area contributed by atoms with E-state index in [1.807, 2.05) is 0 Å². The van der Waals surface area contributed by atoms with Gasteiger partial charge in [-0.25, -0.2) is 9.59 Å². The Bertz CT molecular complexity index is 794. The molecule has 0 saturated carbocycles. The Hall–Kier alpha value is -3.34. The number of ether oxygens (including phenoxy) is 5. The molecular weight excluding hydrogens is 414 g/mol. The van der Waals surface area contributed by atoms with E-state index in [0.29, 0.717) is 5.56 Å². The van der Waals surface area contributed by atoms with Crippen molar-refractivity contribution in [1.82, 2.24) is 0 Å². The van der Waals surface area contributed by atoms with Gasteiger partial charge in [0, 0.05) is 12.8 Å². The van der Waals surface area contributed by atoms with E-state index in [2.05, 4.69) is 0 Å². The Morgan fingerprint density at radius 1 is 1.00 bits per heavy atom. The van der Waals surface area contributed by atoms with Crippen molar-refractivity contribution in [3.05, 3.63) is 23.8 Å². The van der Waals surface area contributed by atoms with E-state index in [1.165, 1.54) is 25.1 Å². The molecule has 1 rings (SSSR count). The molecule has 0 aromatic heterocycles. The molecule has 0 heterocycles. The molecule has 3 N–H and O–H groups in total. The van der Waals surface area contributed by atoms with Gasteiger partial charge in [0.05, 0.1) is 19.3 Å². The Labute approximate surface area is 179 Å². The zero-order chi connectivity index (χ0) is 23.6. The summed E-state index contributed by atoms with van der Waals surface area (Å²) >= 11 is 0. The number of carboxylic acids is 1. The molecule has 31 heavy (non-hydrogen) atoms. The average Bonchev–Trinajstić information content (AvgIpc) is 2.66. The molecule has 172 valence electrons. The Kier molecular flexibility index (Phi) is 10.3. The van der Waals surface area contributed by atoms with E-state index in [9.17, 15) is 24.3 Å². The summed E-state index contributed by atoms with van der Waals surface area (Å²) in [5, 5.41) is 9.40. The summed E-state index contributed by atoms with van der Waals surface area (Å²) in [5.74, 6) is -2.98. The molecule has 11 nitrogen and oxygen atoms in total. The minimum absolute atomic E-state index is 0.0407. The van der Waals surface area contributed by atoms with E-state index in [1.54, 1.807) is 20.8 Å². The number of carboxylic acid groups (broad SMARTS) is 1. The van der Waals surface area contributed by atoms with Crippen molar-refractivity contribution >= 4 is 24.2 Å². The highest BCUT2D eigenvalue weighted by molar-refractivity contribution is 5.75. The fourth-order valence-electron chi connectivity index (χ4n) is 2.74. The Morgan fingerprint density at radius 2 is 1.55 bits per heavy atom. The molecule has 0 bridgehead atoms. The zero-order valence-corrected chi connectivity index (χ0v) is 17.8. The van der Waals surface area contributed by atoms with Gasteiger partial charge in [-0.1, -0.05) is 6.07 Å². The van der Waals surface area contributed by atoms with Gasteiger partial charge in [-0.05, 0) is 44.9 Å². The lowest BCUT2D eigenvalue weighted by atomic mass is 9.87. The van der Waals surface area contributed by atoms with Gasteiger partial charge >= 0.3 is 24.2 Å². The lowest BCUT2D eigenvalue weighted by molar-refractivity contribution is -0.146. The minimum Gasteiger partial charge on any atom is -0.480 e. The third kappa shape index (κ3) is 8.51. The molecule has 0 radical (unpaired) electrons. The summed E-state index contributed by atoms with van der Waals surface area (Å²) in [6.07, 6.45) is -2.64. The zero-order valence-electron chi connectivity index (χ0n) is 17.8. The van der Waals surface area contributed by atoms with Crippen molar-refractivity contribution in [2.24, 2.45) is 5.73 Å². The average molecular weight is 441 g/mol. The topological polar surface area (TPSA) is 161 Å². The van der Waals surface area contributed by atoms with Crippen LogP contribution in [0.1, 0.15) is 45.6 Å². The standard InChI is InChI=1S/C20H27NO10/c1-5-27-19(25)30-15-8-7-13(10-16(15)31-20(26)28-6-2)14(17(21)18(23)24)9-11(3)29-12(4)22/h7-8,10-11,14,17H,5-6,9,21H2,1-4H3,(H,23,24)/t11?,14?,17-/m1/s1.